The number of hydrogen-bond donors (Lipinski definition) is 2. The first-order valence-corrected chi connectivity index (χ1v) is 6.41. The van der Waals surface area contributed by atoms with Gasteiger partial charge in [0, 0.05) is 18.7 Å². The van der Waals surface area contributed by atoms with Crippen molar-refractivity contribution in [3.63, 3.8) is 0 Å². The fourth-order valence-corrected chi connectivity index (χ4v) is 1.84. The summed E-state index contributed by atoms with van der Waals surface area (Å²) < 4.78 is 0. The van der Waals surface area contributed by atoms with E-state index in [4.69, 9.17) is 10.8 Å². The molecule has 0 saturated heterocycles. The summed E-state index contributed by atoms with van der Waals surface area (Å²) in [6, 6.07) is 7.66. The standard InChI is InChI=1S/C15H20N2O3/c1-11(2)17(10-14(16)18)9-13-6-4-3-5-12(13)7-8-15(19)20/h3-8,11H,9-10H2,1-2H3,(H2,16,18)(H,19,20). The van der Waals surface area contributed by atoms with Crippen molar-refractivity contribution >= 4 is 18.0 Å². The lowest BCUT2D eigenvalue weighted by Gasteiger charge is -2.25. The maximum atomic E-state index is 11.1. The quantitative estimate of drug-likeness (QED) is 0.739. The van der Waals surface area contributed by atoms with Gasteiger partial charge in [0.25, 0.3) is 0 Å². The minimum absolute atomic E-state index is 0.166. The van der Waals surface area contributed by atoms with Gasteiger partial charge in [-0.3, -0.25) is 9.69 Å². The molecule has 0 fully saturated rings. The van der Waals surface area contributed by atoms with Crippen LogP contribution in [0, 0.1) is 0 Å². The second-order valence-electron chi connectivity index (χ2n) is 4.84. The molecular formula is C15H20N2O3. The van der Waals surface area contributed by atoms with Crippen LogP contribution in [0.1, 0.15) is 25.0 Å². The van der Waals surface area contributed by atoms with E-state index in [9.17, 15) is 9.59 Å². The Hall–Kier alpha value is -2.14. The van der Waals surface area contributed by atoms with Crippen molar-refractivity contribution in [3.05, 3.63) is 41.5 Å². The summed E-state index contributed by atoms with van der Waals surface area (Å²) in [5.74, 6) is -1.37. The number of carbonyl (C=O) groups excluding carboxylic acids is 1. The second kappa shape index (κ2) is 7.45. The highest BCUT2D eigenvalue weighted by Crippen LogP contribution is 2.15. The molecule has 5 heteroatoms. The normalized spacial score (nSPS) is 11.4. The van der Waals surface area contributed by atoms with Gasteiger partial charge in [-0.05, 0) is 31.1 Å². The number of carboxylic acids is 1. The first kappa shape index (κ1) is 15.9. The summed E-state index contributed by atoms with van der Waals surface area (Å²) in [7, 11) is 0. The van der Waals surface area contributed by atoms with E-state index in [2.05, 4.69) is 0 Å². The molecule has 0 aliphatic heterocycles. The largest absolute Gasteiger partial charge is 0.478 e. The molecule has 0 aliphatic carbocycles. The maximum absolute atomic E-state index is 11.1. The Morgan fingerprint density at radius 2 is 2.00 bits per heavy atom. The highest BCUT2D eigenvalue weighted by molar-refractivity contribution is 5.85. The van der Waals surface area contributed by atoms with Gasteiger partial charge >= 0.3 is 5.97 Å². The average molecular weight is 276 g/mol. The van der Waals surface area contributed by atoms with Crippen LogP contribution in [0.25, 0.3) is 6.08 Å². The van der Waals surface area contributed by atoms with Crippen molar-refractivity contribution in [1.82, 2.24) is 4.90 Å². The molecule has 3 N–H and O–H groups in total. The predicted octanol–water partition coefficient (Wildman–Crippen LogP) is 1.48. The molecule has 1 rings (SSSR count). The fourth-order valence-electron chi connectivity index (χ4n) is 1.84. The van der Waals surface area contributed by atoms with Gasteiger partial charge in [-0.1, -0.05) is 24.3 Å². The van der Waals surface area contributed by atoms with Gasteiger partial charge in [0.1, 0.15) is 0 Å². The summed E-state index contributed by atoms with van der Waals surface area (Å²) >= 11 is 0. The van der Waals surface area contributed by atoms with Gasteiger partial charge in [-0.2, -0.15) is 0 Å². The third-order valence-corrected chi connectivity index (χ3v) is 2.92. The van der Waals surface area contributed by atoms with Crippen LogP contribution in [-0.4, -0.2) is 34.5 Å². The molecule has 20 heavy (non-hydrogen) atoms. The maximum Gasteiger partial charge on any atom is 0.328 e. The lowest BCUT2D eigenvalue weighted by molar-refractivity contribution is -0.131. The third-order valence-electron chi connectivity index (χ3n) is 2.92. The number of carbonyl (C=O) groups is 2. The number of primary amides is 1. The van der Waals surface area contributed by atoms with E-state index in [1.54, 1.807) is 6.08 Å². The Bertz CT molecular complexity index is 510. The Labute approximate surface area is 118 Å². The van der Waals surface area contributed by atoms with Crippen LogP contribution in [0.5, 0.6) is 0 Å². The van der Waals surface area contributed by atoms with Crippen LogP contribution >= 0.6 is 0 Å². The SMILES string of the molecule is CC(C)N(CC(N)=O)Cc1ccccc1C=CC(=O)O. The van der Waals surface area contributed by atoms with Crippen LogP contribution in [0.4, 0.5) is 0 Å². The number of aliphatic carboxylic acids is 1. The number of hydrogen-bond acceptors (Lipinski definition) is 3. The third kappa shape index (κ3) is 5.24. The van der Waals surface area contributed by atoms with Gasteiger partial charge in [-0.25, -0.2) is 4.79 Å². The van der Waals surface area contributed by atoms with Gasteiger partial charge < -0.3 is 10.8 Å². The Morgan fingerprint density at radius 1 is 1.35 bits per heavy atom. The highest BCUT2D eigenvalue weighted by Gasteiger charge is 2.13. The first-order chi connectivity index (χ1) is 9.40. The minimum atomic E-state index is -0.988. The van der Waals surface area contributed by atoms with Crippen LogP contribution in [-0.2, 0) is 16.1 Å². The summed E-state index contributed by atoms with van der Waals surface area (Å²) in [6.07, 6.45) is 2.66. The molecule has 1 aromatic carbocycles. The Morgan fingerprint density at radius 3 is 2.55 bits per heavy atom. The molecule has 108 valence electrons. The molecule has 0 spiro atoms. The molecule has 0 bridgehead atoms. The highest BCUT2D eigenvalue weighted by atomic mass is 16.4. The minimum Gasteiger partial charge on any atom is -0.478 e. The molecule has 0 atom stereocenters. The molecule has 1 aromatic rings. The van der Waals surface area contributed by atoms with Crippen LogP contribution in [0.2, 0.25) is 0 Å². The monoisotopic (exact) mass is 276 g/mol. The fraction of sp³-hybridized carbons (Fsp3) is 0.333. The second-order valence-corrected chi connectivity index (χ2v) is 4.84. The first-order valence-electron chi connectivity index (χ1n) is 6.41. The van der Waals surface area contributed by atoms with E-state index in [1.165, 1.54) is 0 Å². The predicted molar refractivity (Wildman–Crippen MR) is 77.9 cm³/mol. The van der Waals surface area contributed by atoms with Gasteiger partial charge in [-0.15, -0.1) is 0 Å². The topological polar surface area (TPSA) is 83.6 Å². The molecule has 0 radical (unpaired) electrons. The lowest BCUT2D eigenvalue weighted by Crippen LogP contribution is -2.38. The Balaban J connectivity index is 2.94. The van der Waals surface area contributed by atoms with Gasteiger partial charge in [0.05, 0.1) is 6.54 Å². The summed E-state index contributed by atoms with van der Waals surface area (Å²) in [5.41, 5.74) is 7.03. The van der Waals surface area contributed by atoms with E-state index < -0.39 is 5.97 Å². The number of benzene rings is 1. The van der Waals surface area contributed by atoms with E-state index in [-0.39, 0.29) is 18.5 Å². The van der Waals surface area contributed by atoms with Crippen LogP contribution in [0.3, 0.4) is 0 Å². The molecule has 0 heterocycles. The number of rotatable bonds is 7. The molecular weight excluding hydrogens is 256 g/mol. The molecule has 0 unspecified atom stereocenters. The number of amides is 1. The van der Waals surface area contributed by atoms with E-state index >= 15 is 0 Å². The van der Waals surface area contributed by atoms with Crippen LogP contribution < -0.4 is 5.73 Å². The summed E-state index contributed by atoms with van der Waals surface area (Å²) in [4.78, 5) is 23.6. The van der Waals surface area contributed by atoms with E-state index in [0.29, 0.717) is 6.54 Å². The number of carboxylic acid groups (broad SMARTS) is 1. The smallest absolute Gasteiger partial charge is 0.328 e. The van der Waals surface area contributed by atoms with Crippen molar-refractivity contribution in [2.24, 2.45) is 5.73 Å². The number of nitrogens with zero attached hydrogens (tertiary/aromatic N) is 1. The van der Waals surface area contributed by atoms with Crippen molar-refractivity contribution in [3.8, 4) is 0 Å². The van der Waals surface area contributed by atoms with Gasteiger partial charge in [0.15, 0.2) is 0 Å². The Kier molecular flexibility index (Phi) is 5.93. The van der Waals surface area contributed by atoms with Crippen molar-refractivity contribution in [1.29, 1.82) is 0 Å². The molecule has 0 saturated carbocycles. The molecule has 0 aliphatic rings. The molecule has 1 amide bonds. The zero-order valence-corrected chi connectivity index (χ0v) is 11.7. The summed E-state index contributed by atoms with van der Waals surface area (Å²) in [6.45, 7) is 4.69. The zero-order chi connectivity index (χ0) is 15.1. The van der Waals surface area contributed by atoms with Crippen LogP contribution in [0.15, 0.2) is 30.3 Å². The lowest BCUT2D eigenvalue weighted by atomic mass is 10.1. The number of nitrogens with two attached hydrogens (primary N) is 1. The summed E-state index contributed by atoms with van der Waals surface area (Å²) in [5, 5.41) is 8.70. The average Bonchev–Trinajstić information content (AvgIpc) is 2.36. The van der Waals surface area contributed by atoms with Crippen molar-refractivity contribution < 1.29 is 14.7 Å². The van der Waals surface area contributed by atoms with Crippen molar-refractivity contribution in [2.45, 2.75) is 26.4 Å². The van der Waals surface area contributed by atoms with Crippen molar-refractivity contribution in [2.75, 3.05) is 6.54 Å². The van der Waals surface area contributed by atoms with E-state index in [0.717, 1.165) is 17.2 Å². The van der Waals surface area contributed by atoms with E-state index in [1.807, 2.05) is 43.0 Å². The zero-order valence-electron chi connectivity index (χ0n) is 11.7. The molecule has 0 aromatic heterocycles. The van der Waals surface area contributed by atoms with Gasteiger partial charge in [0.2, 0.25) is 5.91 Å². The molecule has 5 nitrogen and oxygen atoms in total.